The maximum atomic E-state index is 11.3. The van der Waals surface area contributed by atoms with Crippen molar-refractivity contribution in [2.24, 2.45) is 0 Å². The summed E-state index contributed by atoms with van der Waals surface area (Å²) in [7, 11) is 2.87. The van der Waals surface area contributed by atoms with Gasteiger partial charge in [0.05, 0.1) is 12.4 Å². The molecule has 0 bridgehead atoms. The van der Waals surface area contributed by atoms with Crippen LogP contribution < -0.4 is 5.32 Å². The number of hydrogen-bond donors (Lipinski definition) is 2. The maximum Gasteiger partial charge on any atom is 0.217 e. The van der Waals surface area contributed by atoms with E-state index in [4.69, 9.17) is 5.11 Å². The Bertz CT molecular complexity index is 187. The fourth-order valence-electron chi connectivity index (χ4n) is 0.691. The summed E-state index contributed by atoms with van der Waals surface area (Å²) in [4.78, 5) is 21.9. The zero-order valence-corrected chi connectivity index (χ0v) is 9.20. The predicted molar refractivity (Wildman–Crippen MR) is 55.7 cm³/mol. The molecule has 2 N–H and O–H groups in total. The highest BCUT2D eigenvalue weighted by Gasteiger charge is 2.17. The van der Waals surface area contributed by atoms with Gasteiger partial charge in [0.25, 0.3) is 0 Å². The molecule has 0 aromatic heterocycles. The number of ketones is 1. The van der Waals surface area contributed by atoms with Gasteiger partial charge >= 0.3 is 0 Å². The SMILES string of the molecule is CSSCC(=O)C(CO)NC(C)=O. The van der Waals surface area contributed by atoms with E-state index in [2.05, 4.69) is 5.32 Å². The smallest absolute Gasteiger partial charge is 0.217 e. The average molecular weight is 223 g/mol. The van der Waals surface area contributed by atoms with Crippen LogP contribution in [0.5, 0.6) is 0 Å². The van der Waals surface area contributed by atoms with Crippen LogP contribution in [0.15, 0.2) is 0 Å². The first-order valence-electron chi connectivity index (χ1n) is 3.68. The summed E-state index contributed by atoms with van der Waals surface area (Å²) in [5, 5.41) is 11.2. The van der Waals surface area contributed by atoms with Gasteiger partial charge in [-0.25, -0.2) is 0 Å². The Morgan fingerprint density at radius 2 is 2.15 bits per heavy atom. The van der Waals surface area contributed by atoms with Crippen LogP contribution in [-0.4, -0.2) is 41.5 Å². The first-order valence-corrected chi connectivity index (χ1v) is 6.40. The van der Waals surface area contributed by atoms with Crippen molar-refractivity contribution >= 4 is 33.3 Å². The lowest BCUT2D eigenvalue weighted by Crippen LogP contribution is -2.43. The molecule has 1 atom stereocenters. The molecule has 4 nitrogen and oxygen atoms in total. The Hall–Kier alpha value is -0.200. The third-order valence-electron chi connectivity index (χ3n) is 1.27. The first-order chi connectivity index (χ1) is 6.11. The Balaban J connectivity index is 3.92. The molecule has 1 amide bonds. The van der Waals surface area contributed by atoms with Gasteiger partial charge in [-0.2, -0.15) is 0 Å². The number of aliphatic hydroxyl groups excluding tert-OH is 1. The van der Waals surface area contributed by atoms with Gasteiger partial charge < -0.3 is 10.4 Å². The molecule has 1 unspecified atom stereocenters. The molecule has 0 aromatic carbocycles. The molecule has 0 aliphatic carbocycles. The van der Waals surface area contributed by atoms with Crippen LogP contribution in [0.1, 0.15) is 6.92 Å². The zero-order chi connectivity index (χ0) is 10.3. The third kappa shape index (κ3) is 5.95. The van der Waals surface area contributed by atoms with E-state index >= 15 is 0 Å². The van der Waals surface area contributed by atoms with Crippen molar-refractivity contribution in [3.05, 3.63) is 0 Å². The zero-order valence-electron chi connectivity index (χ0n) is 7.57. The molecule has 0 radical (unpaired) electrons. The van der Waals surface area contributed by atoms with E-state index in [-0.39, 0.29) is 18.3 Å². The van der Waals surface area contributed by atoms with Crippen LogP contribution >= 0.6 is 21.6 Å². The lowest BCUT2D eigenvalue weighted by Gasteiger charge is -2.12. The fourth-order valence-corrected chi connectivity index (χ4v) is 1.83. The second-order valence-electron chi connectivity index (χ2n) is 2.33. The van der Waals surface area contributed by atoms with Crippen molar-refractivity contribution in [1.29, 1.82) is 0 Å². The van der Waals surface area contributed by atoms with Crippen molar-refractivity contribution in [3.63, 3.8) is 0 Å². The van der Waals surface area contributed by atoms with Gasteiger partial charge in [-0.05, 0) is 6.26 Å². The van der Waals surface area contributed by atoms with Crippen molar-refractivity contribution < 1.29 is 14.7 Å². The van der Waals surface area contributed by atoms with Crippen molar-refractivity contribution in [2.45, 2.75) is 13.0 Å². The number of Topliss-reactive ketones (excluding diaryl/α,β-unsaturated/α-hetero) is 1. The highest BCUT2D eigenvalue weighted by Crippen LogP contribution is 2.16. The minimum absolute atomic E-state index is 0.156. The normalized spacial score (nSPS) is 12.2. The van der Waals surface area contributed by atoms with Gasteiger partial charge in [-0.3, -0.25) is 9.59 Å². The standard InChI is InChI=1S/C7H13NO3S2/c1-5(10)8-6(3-9)7(11)4-13-12-2/h6,9H,3-4H2,1-2H3,(H,8,10). The van der Waals surface area contributed by atoms with Crippen molar-refractivity contribution in [2.75, 3.05) is 18.6 Å². The van der Waals surface area contributed by atoms with E-state index in [1.165, 1.54) is 28.5 Å². The monoisotopic (exact) mass is 223 g/mol. The second-order valence-corrected chi connectivity index (χ2v) is 4.90. The number of aliphatic hydroxyl groups is 1. The summed E-state index contributed by atoms with van der Waals surface area (Å²) in [6.07, 6.45) is 1.87. The Labute approximate surface area is 85.2 Å². The van der Waals surface area contributed by atoms with Crippen LogP contribution in [0.4, 0.5) is 0 Å². The van der Waals surface area contributed by atoms with E-state index in [0.717, 1.165) is 0 Å². The van der Waals surface area contributed by atoms with E-state index in [1.54, 1.807) is 0 Å². The van der Waals surface area contributed by atoms with Gasteiger partial charge in [-0.15, -0.1) is 0 Å². The number of carbonyl (C=O) groups is 2. The summed E-state index contributed by atoms with van der Waals surface area (Å²) in [6.45, 7) is 0.977. The van der Waals surface area contributed by atoms with Gasteiger partial charge in [0.2, 0.25) is 5.91 Å². The lowest BCUT2D eigenvalue weighted by atomic mass is 10.2. The molecule has 0 aliphatic rings. The average Bonchev–Trinajstić information content (AvgIpc) is 2.09. The summed E-state index contributed by atoms with van der Waals surface area (Å²) in [5.41, 5.74) is 0. The highest BCUT2D eigenvalue weighted by molar-refractivity contribution is 8.76. The Morgan fingerprint density at radius 1 is 1.54 bits per heavy atom. The van der Waals surface area contributed by atoms with Crippen molar-refractivity contribution in [1.82, 2.24) is 5.32 Å². The molecule has 76 valence electrons. The Morgan fingerprint density at radius 3 is 2.54 bits per heavy atom. The largest absolute Gasteiger partial charge is 0.394 e. The number of rotatable bonds is 6. The first kappa shape index (κ1) is 12.8. The third-order valence-corrected chi connectivity index (χ3v) is 2.97. The predicted octanol–water partition coefficient (Wildman–Crippen LogP) is 0.0637. The minimum Gasteiger partial charge on any atom is -0.394 e. The van der Waals surface area contributed by atoms with E-state index < -0.39 is 6.04 Å². The van der Waals surface area contributed by atoms with Crippen LogP contribution in [-0.2, 0) is 9.59 Å². The molecule has 0 aromatic rings. The van der Waals surface area contributed by atoms with E-state index in [9.17, 15) is 9.59 Å². The van der Waals surface area contributed by atoms with Gasteiger partial charge in [0, 0.05) is 6.92 Å². The van der Waals surface area contributed by atoms with Crippen LogP contribution in [0.25, 0.3) is 0 Å². The van der Waals surface area contributed by atoms with Crippen LogP contribution in [0.3, 0.4) is 0 Å². The van der Waals surface area contributed by atoms with E-state index in [1.807, 2.05) is 6.26 Å². The molecule has 0 fully saturated rings. The molecule has 0 spiro atoms. The molecule has 13 heavy (non-hydrogen) atoms. The van der Waals surface area contributed by atoms with E-state index in [0.29, 0.717) is 5.75 Å². The minimum atomic E-state index is -0.753. The van der Waals surface area contributed by atoms with Gasteiger partial charge in [0.1, 0.15) is 6.04 Å². The number of carbonyl (C=O) groups excluding carboxylic acids is 2. The molecular weight excluding hydrogens is 210 g/mol. The van der Waals surface area contributed by atoms with Crippen LogP contribution in [0.2, 0.25) is 0 Å². The maximum absolute atomic E-state index is 11.3. The Kier molecular flexibility index (Phi) is 7.12. The lowest BCUT2D eigenvalue weighted by molar-refractivity contribution is -0.126. The second kappa shape index (κ2) is 7.23. The number of nitrogens with one attached hydrogen (secondary N) is 1. The molecule has 0 heterocycles. The molecule has 0 saturated heterocycles. The molecule has 0 rings (SSSR count). The highest BCUT2D eigenvalue weighted by atomic mass is 33.1. The molecule has 0 saturated carbocycles. The summed E-state index contributed by atoms with van der Waals surface area (Å²) >= 11 is 0. The van der Waals surface area contributed by atoms with Crippen LogP contribution in [0, 0.1) is 0 Å². The summed E-state index contributed by atoms with van der Waals surface area (Å²) in [5.74, 6) is -0.161. The van der Waals surface area contributed by atoms with Gasteiger partial charge in [-0.1, -0.05) is 21.6 Å². The topological polar surface area (TPSA) is 66.4 Å². The molecule has 6 heteroatoms. The van der Waals surface area contributed by atoms with Gasteiger partial charge in [0.15, 0.2) is 5.78 Å². The summed E-state index contributed by atoms with van der Waals surface area (Å²) in [6, 6.07) is -0.753. The molecular formula is C7H13NO3S2. The fraction of sp³-hybridized carbons (Fsp3) is 0.714. The quantitative estimate of drug-likeness (QED) is 0.624. The number of amides is 1. The number of hydrogen-bond acceptors (Lipinski definition) is 5. The molecule has 0 aliphatic heterocycles. The summed E-state index contributed by atoms with van der Waals surface area (Å²) < 4.78 is 0. The van der Waals surface area contributed by atoms with Crippen molar-refractivity contribution in [3.8, 4) is 0 Å².